The standard InChI is InChI=1S/C17H14O6S2/c18-24(19,20)15-10-4-8-14-9-5-11-16(17(14)15)25(21,22)23-12-13-6-2-1-3-7-13/h1-11H,12H2,(H,18,19,20). The van der Waals surface area contributed by atoms with E-state index in [-0.39, 0.29) is 16.9 Å². The van der Waals surface area contributed by atoms with Gasteiger partial charge in [-0.3, -0.25) is 8.74 Å². The van der Waals surface area contributed by atoms with Crippen LogP contribution in [0.1, 0.15) is 5.56 Å². The summed E-state index contributed by atoms with van der Waals surface area (Å²) in [6.45, 7) is -0.187. The van der Waals surface area contributed by atoms with Crippen LogP contribution in [-0.4, -0.2) is 21.4 Å². The summed E-state index contributed by atoms with van der Waals surface area (Å²) >= 11 is 0. The maximum absolute atomic E-state index is 12.6. The largest absolute Gasteiger partial charge is 0.297 e. The van der Waals surface area contributed by atoms with Gasteiger partial charge in [0.25, 0.3) is 20.2 Å². The van der Waals surface area contributed by atoms with Gasteiger partial charge in [-0.05, 0) is 23.1 Å². The highest BCUT2D eigenvalue weighted by molar-refractivity contribution is 7.87. The molecule has 0 aliphatic heterocycles. The van der Waals surface area contributed by atoms with E-state index < -0.39 is 25.1 Å². The SMILES string of the molecule is O=S(=O)(O)c1cccc2cccc(S(=O)(=O)OCc3ccccc3)c12. The minimum absolute atomic E-state index is 0.0967. The fraction of sp³-hybridized carbons (Fsp3) is 0.0588. The molecule has 0 atom stereocenters. The zero-order chi connectivity index (χ0) is 18.1. The third-order valence-corrected chi connectivity index (χ3v) is 5.80. The predicted molar refractivity (Wildman–Crippen MR) is 92.2 cm³/mol. The first-order valence-electron chi connectivity index (χ1n) is 7.22. The molecular weight excluding hydrogens is 364 g/mol. The van der Waals surface area contributed by atoms with Crippen molar-refractivity contribution in [2.45, 2.75) is 16.4 Å². The van der Waals surface area contributed by atoms with Gasteiger partial charge in [0.2, 0.25) is 0 Å². The molecule has 6 nitrogen and oxygen atoms in total. The topological polar surface area (TPSA) is 97.7 Å². The number of hydrogen-bond acceptors (Lipinski definition) is 5. The molecular formula is C17H14O6S2. The second-order valence-corrected chi connectivity index (χ2v) is 8.26. The van der Waals surface area contributed by atoms with Crippen LogP contribution in [0.15, 0.2) is 76.5 Å². The van der Waals surface area contributed by atoms with E-state index in [9.17, 15) is 21.4 Å². The summed E-state index contributed by atoms with van der Waals surface area (Å²) in [5, 5.41) is 0.264. The van der Waals surface area contributed by atoms with Crippen LogP contribution in [0.5, 0.6) is 0 Å². The summed E-state index contributed by atoms with van der Waals surface area (Å²) < 4.78 is 62.9. The van der Waals surface area contributed by atoms with Gasteiger partial charge in [-0.25, -0.2) is 0 Å². The van der Waals surface area contributed by atoms with Crippen molar-refractivity contribution in [1.29, 1.82) is 0 Å². The van der Waals surface area contributed by atoms with Crippen molar-refractivity contribution in [2.24, 2.45) is 0 Å². The highest BCUT2D eigenvalue weighted by atomic mass is 32.2. The van der Waals surface area contributed by atoms with E-state index in [1.807, 2.05) is 0 Å². The average Bonchev–Trinajstić information content (AvgIpc) is 2.59. The van der Waals surface area contributed by atoms with Gasteiger partial charge in [-0.1, -0.05) is 54.6 Å². The lowest BCUT2D eigenvalue weighted by Gasteiger charge is -2.11. The van der Waals surface area contributed by atoms with E-state index in [0.29, 0.717) is 10.9 Å². The van der Waals surface area contributed by atoms with E-state index in [1.54, 1.807) is 42.5 Å². The van der Waals surface area contributed by atoms with Crippen molar-refractivity contribution < 1.29 is 25.6 Å². The van der Waals surface area contributed by atoms with Gasteiger partial charge in [0.1, 0.15) is 9.79 Å². The molecule has 0 aromatic heterocycles. The molecule has 0 fully saturated rings. The highest BCUT2D eigenvalue weighted by Crippen LogP contribution is 2.30. The van der Waals surface area contributed by atoms with Crippen LogP contribution >= 0.6 is 0 Å². The van der Waals surface area contributed by atoms with Crippen LogP contribution in [0.4, 0.5) is 0 Å². The van der Waals surface area contributed by atoms with Crippen molar-refractivity contribution in [3.05, 3.63) is 72.3 Å². The van der Waals surface area contributed by atoms with Crippen LogP contribution in [0.25, 0.3) is 10.8 Å². The molecule has 3 rings (SSSR count). The highest BCUT2D eigenvalue weighted by Gasteiger charge is 2.24. The van der Waals surface area contributed by atoms with Crippen molar-refractivity contribution in [2.75, 3.05) is 0 Å². The zero-order valence-electron chi connectivity index (χ0n) is 12.9. The Balaban J connectivity index is 2.11. The summed E-state index contributed by atoms with van der Waals surface area (Å²) in [6.07, 6.45) is 0. The van der Waals surface area contributed by atoms with E-state index in [1.165, 1.54) is 18.2 Å². The molecule has 3 aromatic carbocycles. The molecule has 3 aromatic rings. The van der Waals surface area contributed by atoms with Crippen LogP contribution in [0, 0.1) is 0 Å². The van der Waals surface area contributed by atoms with Gasteiger partial charge in [0, 0.05) is 5.39 Å². The molecule has 0 unspecified atom stereocenters. The van der Waals surface area contributed by atoms with Crippen LogP contribution < -0.4 is 0 Å². The Labute approximate surface area is 145 Å². The van der Waals surface area contributed by atoms with Gasteiger partial charge in [-0.15, -0.1) is 0 Å². The maximum Gasteiger partial charge on any atom is 0.297 e. The molecule has 0 spiro atoms. The fourth-order valence-corrected chi connectivity index (χ4v) is 4.42. The Bertz CT molecular complexity index is 1120. The first-order chi connectivity index (χ1) is 11.8. The second-order valence-electron chi connectivity index (χ2n) is 5.29. The summed E-state index contributed by atoms with van der Waals surface area (Å²) in [4.78, 5) is -0.790. The third kappa shape index (κ3) is 3.72. The maximum atomic E-state index is 12.6. The Kier molecular flexibility index (Phi) is 4.61. The van der Waals surface area contributed by atoms with Crippen molar-refractivity contribution in [3.63, 3.8) is 0 Å². The molecule has 0 aliphatic carbocycles. The molecule has 0 amide bonds. The van der Waals surface area contributed by atoms with Crippen LogP contribution in [-0.2, 0) is 31.0 Å². The van der Waals surface area contributed by atoms with Gasteiger partial charge in [0.05, 0.1) is 6.61 Å². The van der Waals surface area contributed by atoms with Crippen molar-refractivity contribution in [1.82, 2.24) is 0 Å². The van der Waals surface area contributed by atoms with Gasteiger partial charge < -0.3 is 0 Å². The number of benzene rings is 3. The summed E-state index contributed by atoms with van der Waals surface area (Å²) in [5.74, 6) is 0. The predicted octanol–water partition coefficient (Wildman–Crippen LogP) is 2.99. The lowest BCUT2D eigenvalue weighted by atomic mass is 10.1. The molecule has 1 N–H and O–H groups in total. The first kappa shape index (κ1) is 17.6. The molecule has 0 aliphatic rings. The van der Waals surface area contributed by atoms with Gasteiger partial charge >= 0.3 is 0 Å². The normalized spacial score (nSPS) is 12.4. The van der Waals surface area contributed by atoms with Crippen molar-refractivity contribution >= 4 is 31.0 Å². The molecule has 0 radical (unpaired) electrons. The lowest BCUT2D eigenvalue weighted by Crippen LogP contribution is -2.09. The van der Waals surface area contributed by atoms with Gasteiger partial charge in [0.15, 0.2) is 0 Å². The lowest BCUT2D eigenvalue weighted by molar-refractivity contribution is 0.308. The molecule has 8 heteroatoms. The smallest absolute Gasteiger partial charge is 0.282 e. The number of hydrogen-bond donors (Lipinski definition) is 1. The molecule has 0 heterocycles. The van der Waals surface area contributed by atoms with E-state index in [2.05, 4.69) is 0 Å². The first-order valence-corrected chi connectivity index (χ1v) is 10.1. The summed E-state index contributed by atoms with van der Waals surface area (Å²) in [6, 6.07) is 17.1. The quantitative estimate of drug-likeness (QED) is 0.541. The van der Waals surface area contributed by atoms with E-state index in [4.69, 9.17) is 4.18 Å². The van der Waals surface area contributed by atoms with E-state index >= 15 is 0 Å². The monoisotopic (exact) mass is 378 g/mol. The average molecular weight is 378 g/mol. The molecule has 0 bridgehead atoms. The molecule has 0 saturated heterocycles. The number of fused-ring (bicyclic) bond motifs is 1. The minimum Gasteiger partial charge on any atom is -0.282 e. The van der Waals surface area contributed by atoms with E-state index in [0.717, 1.165) is 6.07 Å². The molecule has 0 saturated carbocycles. The van der Waals surface area contributed by atoms with Crippen LogP contribution in [0.2, 0.25) is 0 Å². The fourth-order valence-electron chi connectivity index (χ4n) is 2.48. The number of rotatable bonds is 5. The Morgan fingerprint density at radius 1 is 0.760 bits per heavy atom. The van der Waals surface area contributed by atoms with Gasteiger partial charge in [-0.2, -0.15) is 16.8 Å². The Hall–Kier alpha value is -2.26. The minimum atomic E-state index is -4.60. The second kappa shape index (κ2) is 6.57. The third-order valence-electron chi connectivity index (χ3n) is 3.60. The van der Waals surface area contributed by atoms with Crippen molar-refractivity contribution in [3.8, 4) is 0 Å². The molecule has 130 valence electrons. The Morgan fingerprint density at radius 3 is 1.96 bits per heavy atom. The Morgan fingerprint density at radius 2 is 1.36 bits per heavy atom. The summed E-state index contributed by atoms with van der Waals surface area (Å²) in [7, 11) is -8.84. The summed E-state index contributed by atoms with van der Waals surface area (Å²) in [5.41, 5.74) is 0.654. The van der Waals surface area contributed by atoms with Crippen LogP contribution in [0.3, 0.4) is 0 Å². The zero-order valence-corrected chi connectivity index (χ0v) is 14.5. The molecule has 25 heavy (non-hydrogen) atoms.